The number of thioether (sulfide) groups is 1. The van der Waals surface area contributed by atoms with Crippen molar-refractivity contribution in [2.24, 2.45) is 5.73 Å². The number of nitrogens with two attached hydrogens (primary N) is 1. The van der Waals surface area contributed by atoms with E-state index in [-0.39, 0.29) is 5.91 Å². The average Bonchev–Trinajstić information content (AvgIpc) is 2.25. The third kappa shape index (κ3) is 3.66. The van der Waals surface area contributed by atoms with Gasteiger partial charge in [-0.2, -0.15) is 11.8 Å². The summed E-state index contributed by atoms with van der Waals surface area (Å²) in [7, 11) is 1.62. The van der Waals surface area contributed by atoms with E-state index in [0.29, 0.717) is 19.1 Å². The van der Waals surface area contributed by atoms with Crippen LogP contribution in [-0.2, 0) is 9.53 Å². The quantitative estimate of drug-likeness (QED) is 0.758. The number of hydrogen-bond acceptors (Lipinski definition) is 4. The van der Waals surface area contributed by atoms with Gasteiger partial charge in [-0.3, -0.25) is 4.79 Å². The molecule has 5 heteroatoms. The van der Waals surface area contributed by atoms with Crippen LogP contribution in [0.25, 0.3) is 0 Å². The first-order chi connectivity index (χ1) is 7.16. The van der Waals surface area contributed by atoms with Crippen LogP contribution >= 0.6 is 11.8 Å². The highest BCUT2D eigenvalue weighted by atomic mass is 32.2. The van der Waals surface area contributed by atoms with Gasteiger partial charge in [0.2, 0.25) is 5.91 Å². The molecule has 1 rings (SSSR count). The Bertz CT molecular complexity index is 214. The second-order valence-corrected chi connectivity index (χ2v) is 4.99. The molecule has 0 aliphatic carbocycles. The Kier molecular flexibility index (Phi) is 5.42. The summed E-state index contributed by atoms with van der Waals surface area (Å²) < 4.78 is 4.92. The lowest BCUT2D eigenvalue weighted by atomic mass is 10.1. The Morgan fingerprint density at radius 2 is 2.47 bits per heavy atom. The second kappa shape index (κ2) is 6.35. The molecule has 0 bridgehead atoms. The van der Waals surface area contributed by atoms with E-state index in [4.69, 9.17) is 10.5 Å². The molecule has 1 amide bonds. The monoisotopic (exact) mass is 232 g/mol. The van der Waals surface area contributed by atoms with Crippen molar-refractivity contribution in [1.29, 1.82) is 0 Å². The van der Waals surface area contributed by atoms with Crippen molar-refractivity contribution >= 4 is 17.7 Å². The Morgan fingerprint density at radius 3 is 3.07 bits per heavy atom. The smallest absolute Gasteiger partial charge is 0.239 e. The zero-order valence-electron chi connectivity index (χ0n) is 9.44. The standard InChI is InChI=1S/C10H20N2O2S/c1-8-7-15-6-4-12(8)10(13)9(11)3-5-14-2/h8-9H,3-7,11H2,1-2H3. The minimum atomic E-state index is -0.407. The fourth-order valence-electron chi connectivity index (χ4n) is 1.64. The van der Waals surface area contributed by atoms with Crippen LogP contribution in [0.15, 0.2) is 0 Å². The summed E-state index contributed by atoms with van der Waals surface area (Å²) in [6, 6.07) is -0.0969. The van der Waals surface area contributed by atoms with Crippen molar-refractivity contribution in [2.75, 3.05) is 31.8 Å². The molecule has 1 aliphatic rings. The van der Waals surface area contributed by atoms with Crippen LogP contribution in [0, 0.1) is 0 Å². The fraction of sp³-hybridized carbons (Fsp3) is 0.900. The Labute approximate surface area is 95.5 Å². The van der Waals surface area contributed by atoms with E-state index in [1.165, 1.54) is 0 Å². The van der Waals surface area contributed by atoms with Crippen LogP contribution in [-0.4, -0.2) is 54.7 Å². The first kappa shape index (κ1) is 12.8. The fourth-order valence-corrected chi connectivity index (χ4v) is 2.65. The molecule has 1 fully saturated rings. The summed E-state index contributed by atoms with van der Waals surface area (Å²) in [4.78, 5) is 13.9. The third-order valence-corrected chi connectivity index (χ3v) is 3.79. The number of carbonyl (C=O) groups is 1. The number of nitrogens with zero attached hydrogens (tertiary/aromatic N) is 1. The molecule has 88 valence electrons. The Morgan fingerprint density at radius 1 is 1.73 bits per heavy atom. The minimum Gasteiger partial charge on any atom is -0.385 e. The predicted octanol–water partition coefficient (Wildman–Crippen LogP) is 0.314. The molecule has 1 heterocycles. The maximum Gasteiger partial charge on any atom is 0.239 e. The molecule has 0 aromatic rings. The van der Waals surface area contributed by atoms with Crippen molar-refractivity contribution in [2.45, 2.75) is 25.4 Å². The lowest BCUT2D eigenvalue weighted by Gasteiger charge is -2.34. The third-order valence-electron chi connectivity index (χ3n) is 2.60. The van der Waals surface area contributed by atoms with Gasteiger partial charge in [0.05, 0.1) is 6.04 Å². The molecule has 2 atom stereocenters. The van der Waals surface area contributed by atoms with E-state index in [1.807, 2.05) is 16.7 Å². The summed E-state index contributed by atoms with van der Waals surface area (Å²) in [6.45, 7) is 3.45. The van der Waals surface area contributed by atoms with Crippen molar-refractivity contribution < 1.29 is 9.53 Å². The highest BCUT2D eigenvalue weighted by Gasteiger charge is 2.27. The van der Waals surface area contributed by atoms with Crippen molar-refractivity contribution in [3.05, 3.63) is 0 Å². The molecule has 4 nitrogen and oxygen atoms in total. The molecular weight excluding hydrogens is 212 g/mol. The lowest BCUT2D eigenvalue weighted by Crippen LogP contribution is -2.51. The van der Waals surface area contributed by atoms with Crippen LogP contribution in [0.1, 0.15) is 13.3 Å². The number of hydrogen-bond donors (Lipinski definition) is 1. The van der Waals surface area contributed by atoms with Gasteiger partial charge in [-0.05, 0) is 13.3 Å². The molecule has 0 saturated carbocycles. The molecule has 2 unspecified atom stereocenters. The van der Waals surface area contributed by atoms with Crippen molar-refractivity contribution in [3.63, 3.8) is 0 Å². The van der Waals surface area contributed by atoms with Gasteiger partial charge in [-0.25, -0.2) is 0 Å². The summed E-state index contributed by atoms with van der Waals surface area (Å²) in [6.07, 6.45) is 0.603. The van der Waals surface area contributed by atoms with Crippen molar-refractivity contribution in [1.82, 2.24) is 4.90 Å². The summed E-state index contributed by atoms with van der Waals surface area (Å²) in [5.41, 5.74) is 5.82. The van der Waals surface area contributed by atoms with Crippen LogP contribution in [0.4, 0.5) is 0 Å². The highest BCUT2D eigenvalue weighted by molar-refractivity contribution is 7.99. The van der Waals surface area contributed by atoms with E-state index in [1.54, 1.807) is 7.11 Å². The molecule has 0 aromatic carbocycles. The van der Waals surface area contributed by atoms with Gasteiger partial charge in [0.15, 0.2) is 0 Å². The molecule has 15 heavy (non-hydrogen) atoms. The number of rotatable bonds is 4. The zero-order valence-corrected chi connectivity index (χ0v) is 10.3. The average molecular weight is 232 g/mol. The molecule has 0 aromatic heterocycles. The molecule has 0 spiro atoms. The molecule has 0 radical (unpaired) electrons. The minimum absolute atomic E-state index is 0.0693. The zero-order chi connectivity index (χ0) is 11.3. The molecular formula is C10H20N2O2S. The lowest BCUT2D eigenvalue weighted by molar-refractivity contribution is -0.134. The van der Waals surface area contributed by atoms with E-state index in [9.17, 15) is 4.79 Å². The maximum atomic E-state index is 12.0. The van der Waals surface area contributed by atoms with E-state index < -0.39 is 6.04 Å². The van der Waals surface area contributed by atoms with Crippen LogP contribution in [0.5, 0.6) is 0 Å². The van der Waals surface area contributed by atoms with Gasteiger partial charge in [-0.15, -0.1) is 0 Å². The number of ether oxygens (including phenoxy) is 1. The normalized spacial score (nSPS) is 23.9. The second-order valence-electron chi connectivity index (χ2n) is 3.84. The van der Waals surface area contributed by atoms with Gasteiger partial charge in [0.1, 0.15) is 0 Å². The van der Waals surface area contributed by atoms with Gasteiger partial charge in [0, 0.05) is 37.8 Å². The summed E-state index contributed by atoms with van der Waals surface area (Å²) in [5.74, 6) is 2.11. The van der Waals surface area contributed by atoms with Gasteiger partial charge in [-0.1, -0.05) is 0 Å². The topological polar surface area (TPSA) is 55.6 Å². The first-order valence-corrected chi connectivity index (χ1v) is 6.45. The number of methoxy groups -OCH3 is 1. The van der Waals surface area contributed by atoms with Gasteiger partial charge in [0.25, 0.3) is 0 Å². The van der Waals surface area contributed by atoms with Crippen LogP contribution < -0.4 is 5.73 Å². The maximum absolute atomic E-state index is 12.0. The van der Waals surface area contributed by atoms with E-state index >= 15 is 0 Å². The largest absolute Gasteiger partial charge is 0.385 e. The van der Waals surface area contributed by atoms with E-state index in [0.717, 1.165) is 18.1 Å². The predicted molar refractivity (Wildman–Crippen MR) is 63.0 cm³/mol. The van der Waals surface area contributed by atoms with Gasteiger partial charge < -0.3 is 15.4 Å². The SMILES string of the molecule is COCCC(N)C(=O)N1CCSCC1C. The van der Waals surface area contributed by atoms with Gasteiger partial charge >= 0.3 is 0 Å². The molecule has 1 saturated heterocycles. The first-order valence-electron chi connectivity index (χ1n) is 5.29. The molecule has 2 N–H and O–H groups in total. The Balaban J connectivity index is 2.43. The molecule has 1 aliphatic heterocycles. The Hall–Kier alpha value is -0.260. The summed E-state index contributed by atoms with van der Waals surface area (Å²) in [5, 5.41) is 0. The number of amides is 1. The van der Waals surface area contributed by atoms with Crippen molar-refractivity contribution in [3.8, 4) is 0 Å². The van der Waals surface area contributed by atoms with Crippen LogP contribution in [0.3, 0.4) is 0 Å². The summed E-state index contributed by atoms with van der Waals surface area (Å²) >= 11 is 1.89. The van der Waals surface area contributed by atoms with E-state index in [2.05, 4.69) is 6.92 Å². The van der Waals surface area contributed by atoms with Crippen LogP contribution in [0.2, 0.25) is 0 Å². The highest BCUT2D eigenvalue weighted by Crippen LogP contribution is 2.16. The number of carbonyl (C=O) groups excluding carboxylic acids is 1.